The van der Waals surface area contributed by atoms with Crippen LogP contribution in [0.2, 0.25) is 10.0 Å². The molecule has 1 atom stereocenters. The molecule has 1 fully saturated rings. The summed E-state index contributed by atoms with van der Waals surface area (Å²) in [6, 6.07) is 12.1. The number of aliphatic hydroxyl groups excluding tert-OH is 1. The van der Waals surface area contributed by atoms with E-state index in [0.29, 0.717) is 56.8 Å². The Balaban J connectivity index is 1.54. The third-order valence-electron chi connectivity index (χ3n) is 6.46. The van der Waals surface area contributed by atoms with Gasteiger partial charge in [0.25, 0.3) is 5.91 Å². The molecule has 0 aliphatic carbocycles. The fourth-order valence-electron chi connectivity index (χ4n) is 4.36. The molecular formula is C27H28Cl2N4O3. The van der Waals surface area contributed by atoms with E-state index in [-0.39, 0.29) is 24.1 Å². The molecule has 1 saturated heterocycles. The number of hydrogen-bond acceptors (Lipinski definition) is 6. The summed E-state index contributed by atoms with van der Waals surface area (Å²) >= 11 is 12.5. The minimum atomic E-state index is -0.463. The number of amides is 1. The third kappa shape index (κ3) is 5.64. The zero-order chi connectivity index (χ0) is 25.8. The number of aromatic nitrogens is 1. The maximum absolute atomic E-state index is 13.1. The van der Waals surface area contributed by atoms with E-state index in [9.17, 15) is 9.90 Å². The Bertz CT molecular complexity index is 1260. The molecule has 36 heavy (non-hydrogen) atoms. The largest absolute Gasteiger partial charge is 0.486 e. The predicted octanol–water partition coefficient (Wildman–Crippen LogP) is 5.37. The third-order valence-corrected chi connectivity index (χ3v) is 7.06. The Labute approximate surface area is 220 Å². The zero-order valence-corrected chi connectivity index (χ0v) is 21.4. The average molecular weight is 527 g/mol. The van der Waals surface area contributed by atoms with Gasteiger partial charge in [-0.05, 0) is 56.0 Å². The number of nitrogens with zero attached hydrogens (tertiary/aromatic N) is 2. The van der Waals surface area contributed by atoms with Crippen LogP contribution in [0.3, 0.4) is 0 Å². The maximum atomic E-state index is 13.1. The van der Waals surface area contributed by atoms with Crippen molar-refractivity contribution in [3.05, 3.63) is 87.2 Å². The smallest absolute Gasteiger partial charge is 0.253 e. The van der Waals surface area contributed by atoms with Crippen molar-refractivity contribution in [3.8, 4) is 5.75 Å². The Morgan fingerprint density at radius 1 is 1.17 bits per heavy atom. The van der Waals surface area contributed by atoms with Crippen LogP contribution in [0.25, 0.3) is 0 Å². The van der Waals surface area contributed by atoms with Gasteiger partial charge in [-0.25, -0.2) is 0 Å². The topological polar surface area (TPSA) is 113 Å². The summed E-state index contributed by atoms with van der Waals surface area (Å²) in [4.78, 5) is 18.8. The molecular weight excluding hydrogens is 499 g/mol. The highest BCUT2D eigenvalue weighted by Crippen LogP contribution is 2.33. The number of nitrogen functional groups attached to an aromatic ring is 1. The van der Waals surface area contributed by atoms with E-state index in [2.05, 4.69) is 4.98 Å². The van der Waals surface area contributed by atoms with Crippen LogP contribution >= 0.6 is 23.2 Å². The minimum Gasteiger partial charge on any atom is -0.486 e. The van der Waals surface area contributed by atoms with E-state index < -0.39 is 6.10 Å². The van der Waals surface area contributed by atoms with E-state index in [1.807, 2.05) is 6.92 Å². The van der Waals surface area contributed by atoms with Crippen molar-refractivity contribution >= 4 is 40.5 Å². The molecule has 0 saturated carbocycles. The molecule has 9 heteroatoms. The standard InChI is InChI=1S/C27H28Cl2N4O3/c1-16(25-22(28)13-32-14-23(25)29)36-20-5-6-24(30)21(12-20)26(31)18-3-2-4-19(11-18)27(35)33-9-7-17(15-34)8-10-33/h2-6,11-14,16-17,31,34H,7-10,15,30H2,1H3/t16-/m1/s1. The number of aliphatic hydroxyl groups is 1. The molecule has 3 aromatic rings. The number of nitrogens with two attached hydrogens (primary N) is 1. The molecule has 4 rings (SSSR count). The zero-order valence-electron chi connectivity index (χ0n) is 19.9. The quantitative estimate of drug-likeness (QED) is 0.283. The van der Waals surface area contributed by atoms with Crippen molar-refractivity contribution in [2.24, 2.45) is 5.92 Å². The number of likely N-dealkylation sites (tertiary alicyclic amines) is 1. The SMILES string of the molecule is C[C@@H](Oc1ccc(N)c(C(=N)c2cccc(C(=O)N3CCC(CO)CC3)c2)c1)c1c(Cl)cncc1Cl. The molecule has 1 aromatic heterocycles. The van der Waals surface area contributed by atoms with Crippen LogP contribution in [-0.2, 0) is 0 Å². The molecule has 4 N–H and O–H groups in total. The summed E-state index contributed by atoms with van der Waals surface area (Å²) in [5.74, 6) is 0.671. The van der Waals surface area contributed by atoms with Crippen molar-refractivity contribution in [2.75, 3.05) is 25.4 Å². The predicted molar refractivity (Wildman–Crippen MR) is 142 cm³/mol. The maximum Gasteiger partial charge on any atom is 0.253 e. The van der Waals surface area contributed by atoms with Gasteiger partial charge in [0.15, 0.2) is 0 Å². The monoisotopic (exact) mass is 526 g/mol. The van der Waals surface area contributed by atoms with E-state index in [1.54, 1.807) is 47.4 Å². The number of pyridine rings is 1. The van der Waals surface area contributed by atoms with Gasteiger partial charge >= 0.3 is 0 Å². The van der Waals surface area contributed by atoms with Gasteiger partial charge in [0, 0.05) is 60.0 Å². The van der Waals surface area contributed by atoms with Crippen molar-refractivity contribution < 1.29 is 14.6 Å². The van der Waals surface area contributed by atoms with E-state index in [4.69, 9.17) is 39.1 Å². The summed E-state index contributed by atoms with van der Waals surface area (Å²) in [5.41, 5.74) is 9.01. The van der Waals surface area contributed by atoms with Crippen LogP contribution in [0, 0.1) is 11.3 Å². The fraction of sp³-hybridized carbons (Fsp3) is 0.296. The first-order valence-corrected chi connectivity index (χ1v) is 12.5. The van der Waals surface area contributed by atoms with Gasteiger partial charge in [-0.3, -0.25) is 15.2 Å². The first-order valence-electron chi connectivity index (χ1n) is 11.7. The molecule has 1 amide bonds. The van der Waals surface area contributed by atoms with Gasteiger partial charge in [-0.1, -0.05) is 35.3 Å². The number of halogens is 2. The number of benzene rings is 2. The van der Waals surface area contributed by atoms with Gasteiger partial charge in [0.1, 0.15) is 11.9 Å². The lowest BCUT2D eigenvalue weighted by molar-refractivity contribution is 0.0651. The fourth-order valence-corrected chi connectivity index (χ4v) is 5.03. The van der Waals surface area contributed by atoms with Crippen molar-refractivity contribution in [1.82, 2.24) is 9.88 Å². The Kier molecular flexibility index (Phi) is 8.14. The summed E-state index contributed by atoms with van der Waals surface area (Å²) in [6.45, 7) is 3.21. The summed E-state index contributed by atoms with van der Waals surface area (Å²) < 4.78 is 6.08. The second kappa shape index (κ2) is 11.3. The van der Waals surface area contributed by atoms with Crippen LogP contribution in [0.5, 0.6) is 5.75 Å². The number of rotatable bonds is 7. The van der Waals surface area contributed by atoms with Gasteiger partial charge in [-0.2, -0.15) is 0 Å². The number of hydrogen-bond donors (Lipinski definition) is 3. The lowest BCUT2D eigenvalue weighted by atomic mass is 9.96. The van der Waals surface area contributed by atoms with Gasteiger partial charge in [0.05, 0.1) is 15.8 Å². The van der Waals surface area contributed by atoms with Gasteiger partial charge in [-0.15, -0.1) is 0 Å². The minimum absolute atomic E-state index is 0.0778. The van der Waals surface area contributed by atoms with E-state index in [1.165, 1.54) is 12.4 Å². The Hall–Kier alpha value is -3.13. The highest BCUT2D eigenvalue weighted by molar-refractivity contribution is 6.35. The molecule has 1 aliphatic heterocycles. The lowest BCUT2D eigenvalue weighted by Gasteiger charge is -2.31. The second-order valence-corrected chi connectivity index (χ2v) is 9.71. The number of carbonyl (C=O) groups excluding carboxylic acids is 1. The lowest BCUT2D eigenvalue weighted by Crippen LogP contribution is -2.39. The molecule has 1 aliphatic rings. The molecule has 0 radical (unpaired) electrons. The van der Waals surface area contributed by atoms with Crippen molar-refractivity contribution in [1.29, 1.82) is 5.41 Å². The molecule has 0 unspecified atom stereocenters. The van der Waals surface area contributed by atoms with Gasteiger partial charge < -0.3 is 20.5 Å². The average Bonchev–Trinajstić information content (AvgIpc) is 2.89. The first kappa shape index (κ1) is 25.9. The van der Waals surface area contributed by atoms with Crippen molar-refractivity contribution in [3.63, 3.8) is 0 Å². The van der Waals surface area contributed by atoms with Crippen LogP contribution in [0.1, 0.15) is 52.9 Å². The number of nitrogens with one attached hydrogen (secondary N) is 1. The van der Waals surface area contributed by atoms with Gasteiger partial charge in [0.2, 0.25) is 0 Å². The molecule has 0 spiro atoms. The highest BCUT2D eigenvalue weighted by Gasteiger charge is 2.24. The normalized spacial score (nSPS) is 14.9. The van der Waals surface area contributed by atoms with Crippen molar-refractivity contribution in [2.45, 2.75) is 25.9 Å². The molecule has 2 heterocycles. The first-order chi connectivity index (χ1) is 17.3. The Morgan fingerprint density at radius 3 is 2.50 bits per heavy atom. The molecule has 0 bridgehead atoms. The number of piperidine rings is 1. The summed E-state index contributed by atoms with van der Waals surface area (Å²) in [5, 5.41) is 19.0. The van der Waals surface area contributed by atoms with Crippen LogP contribution in [0.4, 0.5) is 5.69 Å². The van der Waals surface area contributed by atoms with E-state index >= 15 is 0 Å². The second-order valence-electron chi connectivity index (χ2n) is 8.90. The highest BCUT2D eigenvalue weighted by atomic mass is 35.5. The van der Waals surface area contributed by atoms with Crippen LogP contribution in [0.15, 0.2) is 54.9 Å². The van der Waals surface area contributed by atoms with Crippen LogP contribution in [-0.4, -0.2) is 46.3 Å². The summed E-state index contributed by atoms with van der Waals surface area (Å²) in [7, 11) is 0. The van der Waals surface area contributed by atoms with Crippen LogP contribution < -0.4 is 10.5 Å². The Morgan fingerprint density at radius 2 is 1.83 bits per heavy atom. The van der Waals surface area contributed by atoms with E-state index in [0.717, 1.165) is 12.8 Å². The summed E-state index contributed by atoms with van der Waals surface area (Å²) in [6.07, 6.45) is 4.13. The number of carbonyl (C=O) groups is 1. The number of ether oxygens (including phenoxy) is 1. The molecule has 188 valence electrons. The molecule has 7 nitrogen and oxygen atoms in total. The number of anilines is 1. The molecule has 2 aromatic carbocycles.